The Morgan fingerprint density at radius 1 is 1.06 bits per heavy atom. The van der Waals surface area contributed by atoms with Gasteiger partial charge in [-0.1, -0.05) is 35.3 Å². The average molecular weight is 543 g/mol. The van der Waals surface area contributed by atoms with Crippen LogP contribution in [0.25, 0.3) is 11.0 Å². The maximum Gasteiger partial charge on any atom is 0.290 e. The van der Waals surface area contributed by atoms with E-state index in [0.717, 1.165) is 22.9 Å². The highest BCUT2D eigenvalue weighted by Gasteiger charge is 2.42. The Morgan fingerprint density at radius 2 is 1.86 bits per heavy atom. The smallest absolute Gasteiger partial charge is 0.290 e. The van der Waals surface area contributed by atoms with Crippen molar-refractivity contribution in [2.24, 2.45) is 0 Å². The molecule has 0 fully saturated rings. The Kier molecular flexibility index (Phi) is 7.82. The molecule has 0 radical (unpaired) electrons. The predicted octanol–water partition coefficient (Wildman–Crippen LogP) is 5.24. The summed E-state index contributed by atoms with van der Waals surface area (Å²) in [5, 5.41) is 0.440. The van der Waals surface area contributed by atoms with E-state index in [-0.39, 0.29) is 17.1 Å². The largest absolute Gasteiger partial charge is 0.490 e. The van der Waals surface area contributed by atoms with Crippen LogP contribution in [0.3, 0.4) is 0 Å². The summed E-state index contributed by atoms with van der Waals surface area (Å²) >= 11 is 3.44. The second-order valence-electron chi connectivity index (χ2n) is 8.86. The highest BCUT2D eigenvalue weighted by molar-refractivity contribution is 9.10. The molecule has 2 aromatic carbocycles. The number of fused-ring (bicyclic) bond motifs is 2. The van der Waals surface area contributed by atoms with Gasteiger partial charge in [-0.2, -0.15) is 0 Å². The van der Waals surface area contributed by atoms with Crippen LogP contribution in [0.2, 0.25) is 0 Å². The summed E-state index contributed by atoms with van der Waals surface area (Å²) in [5.41, 5.74) is 1.34. The zero-order valence-corrected chi connectivity index (χ0v) is 22.2. The van der Waals surface area contributed by atoms with Crippen LogP contribution in [0.1, 0.15) is 54.4 Å². The normalized spacial score (nSPS) is 15.2. The van der Waals surface area contributed by atoms with Crippen LogP contribution in [-0.2, 0) is 0 Å². The number of carbonyl (C=O) groups is 1. The molecule has 1 aliphatic rings. The maximum absolute atomic E-state index is 13.7. The molecular weight excluding hydrogens is 512 g/mol. The van der Waals surface area contributed by atoms with Gasteiger partial charge in [0.2, 0.25) is 5.76 Å². The summed E-state index contributed by atoms with van der Waals surface area (Å²) in [7, 11) is 3.90. The number of nitrogens with zero attached hydrogens (tertiary/aromatic N) is 2. The number of unbranched alkanes of at least 4 members (excludes halogenated alkanes) is 1. The minimum Gasteiger partial charge on any atom is -0.490 e. The third-order valence-corrected chi connectivity index (χ3v) is 6.55. The number of ether oxygens (including phenoxy) is 2. The van der Waals surface area contributed by atoms with Crippen molar-refractivity contribution < 1.29 is 18.7 Å². The lowest BCUT2D eigenvalue weighted by molar-refractivity contribution is 0.0716. The van der Waals surface area contributed by atoms with Crippen molar-refractivity contribution in [3.63, 3.8) is 0 Å². The molecule has 1 atom stereocenters. The van der Waals surface area contributed by atoms with Gasteiger partial charge in [0.15, 0.2) is 16.9 Å². The highest BCUT2D eigenvalue weighted by atomic mass is 79.9. The maximum atomic E-state index is 13.7. The second kappa shape index (κ2) is 10.8. The van der Waals surface area contributed by atoms with Crippen LogP contribution in [-0.4, -0.2) is 56.1 Å². The molecule has 0 bridgehead atoms. The van der Waals surface area contributed by atoms with E-state index in [4.69, 9.17) is 13.9 Å². The van der Waals surface area contributed by atoms with Gasteiger partial charge in [0, 0.05) is 17.6 Å². The fourth-order valence-corrected chi connectivity index (χ4v) is 4.65. The number of benzene rings is 2. The number of rotatable bonds is 10. The lowest BCUT2D eigenvalue weighted by atomic mass is 9.98. The minimum absolute atomic E-state index is 0.106. The summed E-state index contributed by atoms with van der Waals surface area (Å²) in [6.45, 7) is 6.18. The summed E-state index contributed by atoms with van der Waals surface area (Å²) in [6.07, 6.45) is 1.98. The molecule has 0 spiro atoms. The van der Waals surface area contributed by atoms with Crippen molar-refractivity contribution in [3.05, 3.63) is 68.0 Å². The SMILES string of the molecule is CCCCOc1ccc(C2c3c(oc4ccc(Br)cc4c3=O)C(=O)N2CCN(C)C)cc1OCC. The zero-order valence-electron chi connectivity index (χ0n) is 20.6. The molecule has 186 valence electrons. The topological polar surface area (TPSA) is 72.2 Å². The molecule has 0 aliphatic carbocycles. The summed E-state index contributed by atoms with van der Waals surface area (Å²) in [5.74, 6) is 1.08. The molecule has 0 saturated carbocycles. The first kappa shape index (κ1) is 25.3. The third-order valence-electron chi connectivity index (χ3n) is 6.05. The molecule has 0 saturated heterocycles. The quantitative estimate of drug-likeness (QED) is 0.326. The van der Waals surface area contributed by atoms with Crippen molar-refractivity contribution in [3.8, 4) is 11.5 Å². The molecule has 4 rings (SSSR count). The molecule has 1 aliphatic heterocycles. The lowest BCUT2D eigenvalue weighted by Gasteiger charge is -2.27. The van der Waals surface area contributed by atoms with E-state index in [1.807, 2.05) is 44.1 Å². The van der Waals surface area contributed by atoms with Crippen LogP contribution in [0, 0.1) is 0 Å². The summed E-state index contributed by atoms with van der Waals surface area (Å²) in [6, 6.07) is 10.3. The van der Waals surface area contributed by atoms with E-state index in [2.05, 4.69) is 22.9 Å². The molecular formula is C27H31BrN2O5. The average Bonchev–Trinajstić information content (AvgIpc) is 3.11. The van der Waals surface area contributed by atoms with Crippen molar-refractivity contribution in [2.45, 2.75) is 32.7 Å². The van der Waals surface area contributed by atoms with Gasteiger partial charge in [0.05, 0.1) is 30.2 Å². The van der Waals surface area contributed by atoms with E-state index < -0.39 is 6.04 Å². The molecule has 0 N–H and O–H groups in total. The molecule has 3 aromatic rings. The first-order valence-electron chi connectivity index (χ1n) is 12.0. The molecule has 1 aromatic heterocycles. The van der Waals surface area contributed by atoms with E-state index in [1.165, 1.54) is 0 Å². The Morgan fingerprint density at radius 3 is 2.57 bits per heavy atom. The number of hydrogen-bond acceptors (Lipinski definition) is 6. The van der Waals surface area contributed by atoms with Gasteiger partial charge < -0.3 is 23.7 Å². The molecule has 8 heteroatoms. The van der Waals surface area contributed by atoms with Gasteiger partial charge in [-0.3, -0.25) is 9.59 Å². The molecule has 7 nitrogen and oxygen atoms in total. The molecule has 2 heterocycles. The van der Waals surface area contributed by atoms with Crippen molar-refractivity contribution in [1.29, 1.82) is 0 Å². The van der Waals surface area contributed by atoms with Crippen LogP contribution in [0.4, 0.5) is 0 Å². The number of carbonyl (C=O) groups excluding carboxylic acids is 1. The molecule has 1 amide bonds. The van der Waals surface area contributed by atoms with Gasteiger partial charge in [0.25, 0.3) is 5.91 Å². The van der Waals surface area contributed by atoms with Crippen LogP contribution >= 0.6 is 15.9 Å². The first-order valence-corrected chi connectivity index (χ1v) is 12.8. The molecule has 1 unspecified atom stereocenters. The van der Waals surface area contributed by atoms with Crippen LogP contribution in [0.5, 0.6) is 11.5 Å². The highest BCUT2D eigenvalue weighted by Crippen LogP contribution is 2.41. The number of likely N-dealkylation sites (N-methyl/N-ethyl adjacent to an activating group) is 1. The Bertz CT molecular complexity index is 1290. The fourth-order valence-electron chi connectivity index (χ4n) is 4.29. The van der Waals surface area contributed by atoms with E-state index in [0.29, 0.717) is 54.3 Å². The second-order valence-corrected chi connectivity index (χ2v) is 9.78. The van der Waals surface area contributed by atoms with Gasteiger partial charge in [-0.05, 0) is 63.3 Å². The summed E-state index contributed by atoms with van der Waals surface area (Å²) < 4.78 is 18.6. The van der Waals surface area contributed by atoms with Crippen molar-refractivity contribution in [2.75, 3.05) is 40.4 Å². The van der Waals surface area contributed by atoms with E-state index >= 15 is 0 Å². The Labute approximate surface area is 213 Å². The molecule has 35 heavy (non-hydrogen) atoms. The lowest BCUT2D eigenvalue weighted by Crippen LogP contribution is -2.35. The van der Waals surface area contributed by atoms with Gasteiger partial charge in [-0.15, -0.1) is 0 Å². The standard InChI is InChI=1S/C27H31BrN2O5/c1-5-7-14-34-21-10-8-17(15-22(21)33-6-2)24-23-25(31)19-16-18(28)9-11-20(19)35-26(23)27(32)30(24)13-12-29(3)4/h8-11,15-16,24H,5-7,12-14H2,1-4H3. The van der Waals surface area contributed by atoms with E-state index in [9.17, 15) is 9.59 Å². The van der Waals surface area contributed by atoms with E-state index in [1.54, 1.807) is 23.1 Å². The minimum atomic E-state index is -0.582. The van der Waals surface area contributed by atoms with Crippen molar-refractivity contribution >= 4 is 32.8 Å². The van der Waals surface area contributed by atoms with Crippen LogP contribution < -0.4 is 14.9 Å². The van der Waals surface area contributed by atoms with Crippen molar-refractivity contribution in [1.82, 2.24) is 9.80 Å². The van der Waals surface area contributed by atoms with Crippen LogP contribution in [0.15, 0.2) is 50.1 Å². The zero-order chi connectivity index (χ0) is 25.1. The number of amides is 1. The predicted molar refractivity (Wildman–Crippen MR) is 140 cm³/mol. The monoisotopic (exact) mass is 542 g/mol. The Hall–Kier alpha value is -2.84. The third kappa shape index (κ3) is 5.09. The summed E-state index contributed by atoms with van der Waals surface area (Å²) in [4.78, 5) is 30.9. The number of hydrogen-bond donors (Lipinski definition) is 0. The van der Waals surface area contributed by atoms with Gasteiger partial charge in [0.1, 0.15) is 5.58 Å². The fraction of sp³-hybridized carbons (Fsp3) is 0.407. The van der Waals surface area contributed by atoms with Gasteiger partial charge in [-0.25, -0.2) is 0 Å². The first-order chi connectivity index (χ1) is 16.8. The Balaban J connectivity index is 1.86. The number of halogens is 1. The van der Waals surface area contributed by atoms with Gasteiger partial charge >= 0.3 is 0 Å².